The summed E-state index contributed by atoms with van der Waals surface area (Å²) in [6.07, 6.45) is 0.653. The second-order valence-corrected chi connectivity index (χ2v) is 3.97. The largest absolute Gasteiger partial charge is 0.468 e. The van der Waals surface area contributed by atoms with Crippen LogP contribution in [0.25, 0.3) is 11.3 Å². The molecule has 1 aromatic heterocycles. The van der Waals surface area contributed by atoms with Crippen molar-refractivity contribution in [3.8, 4) is 11.3 Å². The molecule has 2 rings (SSSR count). The Balaban J connectivity index is 2.16. The SMILES string of the molecule is O=COCCc1snnc1-c1ccccc1. The average molecular weight is 234 g/mol. The fourth-order valence-electron chi connectivity index (χ4n) is 1.39. The Morgan fingerprint density at radius 2 is 2.12 bits per heavy atom. The zero-order chi connectivity index (χ0) is 11.2. The van der Waals surface area contributed by atoms with Crippen LogP contribution < -0.4 is 0 Å². The fourth-order valence-corrected chi connectivity index (χ4v) is 2.03. The van der Waals surface area contributed by atoms with Crippen LogP contribution in [0.2, 0.25) is 0 Å². The normalized spacial score (nSPS) is 10.0. The van der Waals surface area contributed by atoms with Gasteiger partial charge in [0.25, 0.3) is 6.47 Å². The van der Waals surface area contributed by atoms with Crippen molar-refractivity contribution in [2.45, 2.75) is 6.42 Å². The Hall–Kier alpha value is -1.75. The lowest BCUT2D eigenvalue weighted by Gasteiger charge is -2.00. The first kappa shape index (κ1) is 10.8. The van der Waals surface area contributed by atoms with Crippen LogP contribution in [-0.2, 0) is 16.0 Å². The number of carbonyl (C=O) groups is 1. The summed E-state index contributed by atoms with van der Waals surface area (Å²) in [7, 11) is 0. The Kier molecular flexibility index (Phi) is 3.61. The van der Waals surface area contributed by atoms with Crippen LogP contribution in [0.4, 0.5) is 0 Å². The van der Waals surface area contributed by atoms with Gasteiger partial charge in [0.05, 0.1) is 11.5 Å². The molecule has 0 N–H and O–H groups in total. The zero-order valence-corrected chi connectivity index (χ0v) is 9.31. The second-order valence-electron chi connectivity index (χ2n) is 3.13. The predicted molar refractivity (Wildman–Crippen MR) is 61.1 cm³/mol. The van der Waals surface area contributed by atoms with E-state index in [0.29, 0.717) is 19.5 Å². The fraction of sp³-hybridized carbons (Fsp3) is 0.182. The molecule has 1 aromatic carbocycles. The maximum Gasteiger partial charge on any atom is 0.293 e. The van der Waals surface area contributed by atoms with Gasteiger partial charge >= 0.3 is 0 Å². The molecule has 4 nitrogen and oxygen atoms in total. The number of rotatable bonds is 5. The highest BCUT2D eigenvalue weighted by Gasteiger charge is 2.09. The van der Waals surface area contributed by atoms with E-state index in [1.807, 2.05) is 30.3 Å². The molecular formula is C11H10N2O2S. The minimum atomic E-state index is 0.368. The molecule has 0 aliphatic heterocycles. The third-order valence-corrected chi connectivity index (χ3v) is 2.90. The van der Waals surface area contributed by atoms with Gasteiger partial charge in [-0.2, -0.15) is 0 Å². The maximum absolute atomic E-state index is 10.0. The van der Waals surface area contributed by atoms with Crippen LogP contribution in [0.15, 0.2) is 30.3 Å². The van der Waals surface area contributed by atoms with Crippen molar-refractivity contribution in [1.29, 1.82) is 0 Å². The van der Waals surface area contributed by atoms with Gasteiger partial charge in [-0.15, -0.1) is 5.10 Å². The molecule has 0 bridgehead atoms. The van der Waals surface area contributed by atoms with E-state index in [0.717, 1.165) is 16.1 Å². The summed E-state index contributed by atoms with van der Waals surface area (Å²) in [5.74, 6) is 0. The Morgan fingerprint density at radius 1 is 1.31 bits per heavy atom. The van der Waals surface area contributed by atoms with Crippen molar-refractivity contribution in [2.24, 2.45) is 0 Å². The first-order valence-electron chi connectivity index (χ1n) is 4.83. The Labute approximate surface area is 97.0 Å². The molecule has 0 saturated carbocycles. The predicted octanol–water partition coefficient (Wildman–Crippen LogP) is 1.92. The van der Waals surface area contributed by atoms with E-state index in [4.69, 9.17) is 0 Å². The molecule has 1 heterocycles. The molecule has 0 atom stereocenters. The molecule has 0 radical (unpaired) electrons. The van der Waals surface area contributed by atoms with Crippen LogP contribution in [0.5, 0.6) is 0 Å². The number of carbonyl (C=O) groups excluding carboxylic acids is 1. The van der Waals surface area contributed by atoms with Crippen LogP contribution >= 0.6 is 11.5 Å². The summed E-state index contributed by atoms with van der Waals surface area (Å²) in [5.41, 5.74) is 1.91. The summed E-state index contributed by atoms with van der Waals surface area (Å²) in [4.78, 5) is 11.1. The van der Waals surface area contributed by atoms with E-state index in [1.165, 1.54) is 11.5 Å². The summed E-state index contributed by atoms with van der Waals surface area (Å²) < 4.78 is 8.59. The number of hydrogen-bond donors (Lipinski definition) is 0. The molecule has 2 aromatic rings. The van der Waals surface area contributed by atoms with Crippen molar-refractivity contribution in [2.75, 3.05) is 6.61 Å². The smallest absolute Gasteiger partial charge is 0.293 e. The highest BCUT2D eigenvalue weighted by atomic mass is 32.1. The van der Waals surface area contributed by atoms with Gasteiger partial charge in [-0.1, -0.05) is 34.8 Å². The monoisotopic (exact) mass is 234 g/mol. The molecule has 0 aliphatic rings. The Bertz CT molecular complexity index is 456. The quantitative estimate of drug-likeness (QED) is 0.586. The highest BCUT2D eigenvalue weighted by Crippen LogP contribution is 2.23. The lowest BCUT2D eigenvalue weighted by molar-refractivity contribution is -0.128. The number of hydrogen-bond acceptors (Lipinski definition) is 5. The standard InChI is InChI=1S/C11H10N2O2S/c14-8-15-7-6-10-11(12-13-16-10)9-4-2-1-3-5-9/h1-5,8H,6-7H2. The van der Waals surface area contributed by atoms with Gasteiger partial charge < -0.3 is 4.74 Å². The molecule has 0 aliphatic carbocycles. The molecule has 0 spiro atoms. The number of benzene rings is 1. The molecule has 0 unspecified atom stereocenters. The summed E-state index contributed by atoms with van der Waals surface area (Å²) in [5, 5.41) is 4.09. The van der Waals surface area contributed by atoms with Gasteiger partial charge in [0.1, 0.15) is 5.69 Å². The van der Waals surface area contributed by atoms with Crippen LogP contribution in [0, 0.1) is 0 Å². The molecular weight excluding hydrogens is 224 g/mol. The minimum Gasteiger partial charge on any atom is -0.468 e. The first-order valence-corrected chi connectivity index (χ1v) is 5.61. The zero-order valence-electron chi connectivity index (χ0n) is 8.50. The first-order chi connectivity index (χ1) is 7.92. The number of aromatic nitrogens is 2. The molecule has 0 saturated heterocycles. The van der Waals surface area contributed by atoms with Gasteiger partial charge in [-0.25, -0.2) is 0 Å². The average Bonchev–Trinajstić information content (AvgIpc) is 2.79. The lowest BCUT2D eigenvalue weighted by Crippen LogP contribution is -1.96. The van der Waals surface area contributed by atoms with Crippen molar-refractivity contribution in [3.05, 3.63) is 35.2 Å². The van der Waals surface area contributed by atoms with Crippen molar-refractivity contribution in [3.63, 3.8) is 0 Å². The van der Waals surface area contributed by atoms with E-state index in [9.17, 15) is 4.79 Å². The molecule has 82 valence electrons. The van der Waals surface area contributed by atoms with E-state index in [1.54, 1.807) is 0 Å². The maximum atomic E-state index is 10.0. The van der Waals surface area contributed by atoms with E-state index < -0.39 is 0 Å². The van der Waals surface area contributed by atoms with Crippen LogP contribution in [0.3, 0.4) is 0 Å². The Morgan fingerprint density at radius 3 is 2.88 bits per heavy atom. The van der Waals surface area contributed by atoms with E-state index >= 15 is 0 Å². The van der Waals surface area contributed by atoms with Gasteiger partial charge in [0, 0.05) is 12.0 Å². The van der Waals surface area contributed by atoms with Crippen molar-refractivity contribution >= 4 is 18.0 Å². The third-order valence-electron chi connectivity index (χ3n) is 2.12. The number of ether oxygens (including phenoxy) is 1. The molecule has 0 amide bonds. The van der Waals surface area contributed by atoms with E-state index in [-0.39, 0.29) is 0 Å². The van der Waals surface area contributed by atoms with E-state index in [2.05, 4.69) is 14.3 Å². The second kappa shape index (κ2) is 5.37. The van der Waals surface area contributed by atoms with Gasteiger partial charge in [-0.3, -0.25) is 4.79 Å². The highest BCUT2D eigenvalue weighted by molar-refractivity contribution is 7.06. The van der Waals surface area contributed by atoms with Crippen molar-refractivity contribution in [1.82, 2.24) is 9.59 Å². The molecule has 0 fully saturated rings. The van der Waals surface area contributed by atoms with Crippen LogP contribution in [0.1, 0.15) is 4.88 Å². The molecule has 5 heteroatoms. The summed E-state index contributed by atoms with van der Waals surface area (Å²) >= 11 is 1.34. The van der Waals surface area contributed by atoms with Gasteiger partial charge in [-0.05, 0) is 11.5 Å². The lowest BCUT2D eigenvalue weighted by atomic mass is 10.1. The summed E-state index contributed by atoms with van der Waals surface area (Å²) in [6, 6.07) is 9.85. The van der Waals surface area contributed by atoms with Gasteiger partial charge in [0.15, 0.2) is 0 Å². The topological polar surface area (TPSA) is 52.1 Å². The summed E-state index contributed by atoms with van der Waals surface area (Å²) in [6.45, 7) is 0.823. The molecule has 16 heavy (non-hydrogen) atoms. The number of nitrogens with zero attached hydrogens (tertiary/aromatic N) is 2. The minimum absolute atomic E-state index is 0.368. The van der Waals surface area contributed by atoms with Gasteiger partial charge in [0.2, 0.25) is 0 Å². The third kappa shape index (κ3) is 2.43. The van der Waals surface area contributed by atoms with Crippen LogP contribution in [-0.4, -0.2) is 22.7 Å². The van der Waals surface area contributed by atoms with Crippen molar-refractivity contribution < 1.29 is 9.53 Å².